The van der Waals surface area contributed by atoms with Gasteiger partial charge in [0.1, 0.15) is 0 Å². The van der Waals surface area contributed by atoms with E-state index in [1.165, 1.54) is 0 Å². The first-order valence-electron chi connectivity index (χ1n) is 4.26. The average molecular weight is 224 g/mol. The molecule has 0 aliphatic heterocycles. The van der Waals surface area contributed by atoms with Crippen LogP contribution >= 0.6 is 0 Å². The fourth-order valence-corrected chi connectivity index (χ4v) is 0.441. The fraction of sp³-hybridized carbons (Fsp3) is 0.750. The number of rotatable bonds is 5. The summed E-state index contributed by atoms with van der Waals surface area (Å²) >= 11 is 0. The van der Waals surface area contributed by atoms with E-state index in [-0.39, 0.29) is 6.42 Å². The normalized spacial score (nSPS) is 13.3. The molecule has 90 valence electrons. The van der Waals surface area contributed by atoms with E-state index in [9.17, 15) is 9.59 Å². The molecular formula is C8H16O7. The monoisotopic (exact) mass is 224 g/mol. The minimum atomic E-state index is -1.18. The Morgan fingerprint density at radius 2 is 1.67 bits per heavy atom. The van der Waals surface area contributed by atoms with Crippen LogP contribution in [0.2, 0.25) is 0 Å². The molecule has 0 rings (SSSR count). The maximum atomic E-state index is 9.70. The molecule has 0 aromatic rings. The van der Waals surface area contributed by atoms with Gasteiger partial charge in [-0.15, -0.1) is 0 Å². The van der Waals surface area contributed by atoms with E-state index in [2.05, 4.69) is 0 Å². The molecule has 0 saturated carbocycles. The molecule has 0 heterocycles. The number of hydrogen-bond acceptors (Lipinski definition) is 5. The van der Waals surface area contributed by atoms with Gasteiger partial charge in [0.05, 0.1) is 19.1 Å². The molecule has 0 spiro atoms. The number of carboxylic acid groups (broad SMARTS) is 2. The van der Waals surface area contributed by atoms with Crippen LogP contribution in [0.4, 0.5) is 0 Å². The molecule has 2 atom stereocenters. The topological polar surface area (TPSA) is 135 Å². The van der Waals surface area contributed by atoms with Gasteiger partial charge >= 0.3 is 11.9 Å². The Morgan fingerprint density at radius 1 is 1.20 bits per heavy atom. The Kier molecular flexibility index (Phi) is 10.2. The molecular weight excluding hydrogens is 208 g/mol. The molecule has 15 heavy (non-hydrogen) atoms. The zero-order chi connectivity index (χ0) is 12.4. The van der Waals surface area contributed by atoms with Crippen LogP contribution in [-0.2, 0) is 9.59 Å². The molecule has 0 radical (unpaired) electrons. The summed E-state index contributed by atoms with van der Waals surface area (Å²) < 4.78 is 0. The van der Waals surface area contributed by atoms with Gasteiger partial charge in [0.25, 0.3) is 0 Å². The van der Waals surface area contributed by atoms with Gasteiger partial charge in [-0.25, -0.2) is 4.79 Å². The quantitative estimate of drug-likeness (QED) is 0.389. The van der Waals surface area contributed by atoms with Crippen molar-refractivity contribution in [2.24, 2.45) is 0 Å². The van der Waals surface area contributed by atoms with E-state index >= 15 is 0 Å². The SMILES string of the molecule is CCC(O)C(=O)O.O=C(O)CC(O)CO. The fourth-order valence-electron chi connectivity index (χ4n) is 0.441. The largest absolute Gasteiger partial charge is 0.481 e. The standard InChI is InChI=1S/C4H8O4.C4H8O3/c5-2-3(6)1-4(7)8;1-2-3(5)4(6)7/h3,5-6H,1-2H2,(H,7,8);3,5H,2H2,1H3,(H,6,7). The maximum absolute atomic E-state index is 9.70. The highest BCUT2D eigenvalue weighted by molar-refractivity contribution is 5.71. The summed E-state index contributed by atoms with van der Waals surface area (Å²) in [4.78, 5) is 19.4. The first-order chi connectivity index (χ1) is 6.84. The van der Waals surface area contributed by atoms with E-state index in [1.54, 1.807) is 6.92 Å². The minimum absolute atomic E-state index is 0.273. The van der Waals surface area contributed by atoms with Crippen LogP contribution in [-0.4, -0.2) is 56.3 Å². The smallest absolute Gasteiger partial charge is 0.332 e. The second kappa shape index (κ2) is 9.38. The summed E-state index contributed by atoms with van der Waals surface area (Å²) in [5.74, 6) is -2.26. The summed E-state index contributed by atoms with van der Waals surface area (Å²) in [6.45, 7) is 1.12. The first kappa shape index (κ1) is 16.3. The van der Waals surface area contributed by atoms with Crippen molar-refractivity contribution in [3.05, 3.63) is 0 Å². The second-order valence-electron chi connectivity index (χ2n) is 2.70. The van der Waals surface area contributed by atoms with Gasteiger partial charge in [0.15, 0.2) is 6.10 Å². The molecule has 7 nitrogen and oxygen atoms in total. The van der Waals surface area contributed by atoms with Crippen molar-refractivity contribution in [3.8, 4) is 0 Å². The highest BCUT2D eigenvalue weighted by Crippen LogP contribution is 1.87. The third kappa shape index (κ3) is 12.8. The van der Waals surface area contributed by atoms with Crippen LogP contribution in [0.25, 0.3) is 0 Å². The van der Waals surface area contributed by atoms with Gasteiger partial charge in [-0.2, -0.15) is 0 Å². The van der Waals surface area contributed by atoms with Crippen LogP contribution in [0.15, 0.2) is 0 Å². The van der Waals surface area contributed by atoms with E-state index in [4.69, 9.17) is 25.5 Å². The van der Waals surface area contributed by atoms with Gasteiger partial charge in [0.2, 0.25) is 0 Å². The Balaban J connectivity index is 0. The van der Waals surface area contributed by atoms with Crippen LogP contribution in [0, 0.1) is 0 Å². The number of hydrogen-bond donors (Lipinski definition) is 5. The van der Waals surface area contributed by atoms with E-state index in [0.29, 0.717) is 0 Å². The van der Waals surface area contributed by atoms with Crippen molar-refractivity contribution >= 4 is 11.9 Å². The summed E-state index contributed by atoms with van der Waals surface area (Å²) in [7, 11) is 0. The van der Waals surface area contributed by atoms with Crippen LogP contribution in [0.1, 0.15) is 19.8 Å². The highest BCUT2D eigenvalue weighted by Gasteiger charge is 2.07. The van der Waals surface area contributed by atoms with Crippen molar-refractivity contribution in [2.75, 3.05) is 6.61 Å². The molecule has 7 heteroatoms. The van der Waals surface area contributed by atoms with E-state index in [1.807, 2.05) is 0 Å². The molecule has 0 bridgehead atoms. The zero-order valence-corrected chi connectivity index (χ0v) is 8.33. The summed E-state index contributed by atoms with van der Waals surface area (Å²) in [5, 5.41) is 40.7. The lowest BCUT2D eigenvalue weighted by atomic mass is 10.3. The van der Waals surface area contributed by atoms with Crippen LogP contribution in [0.3, 0.4) is 0 Å². The highest BCUT2D eigenvalue weighted by atomic mass is 16.4. The molecule has 0 aromatic carbocycles. The van der Waals surface area contributed by atoms with Crippen molar-refractivity contribution in [1.29, 1.82) is 0 Å². The Hall–Kier alpha value is -1.18. The van der Waals surface area contributed by atoms with Gasteiger partial charge in [-0.1, -0.05) is 6.92 Å². The van der Waals surface area contributed by atoms with Crippen molar-refractivity contribution in [1.82, 2.24) is 0 Å². The van der Waals surface area contributed by atoms with E-state index < -0.39 is 37.2 Å². The number of aliphatic hydroxyl groups excluding tert-OH is 3. The minimum Gasteiger partial charge on any atom is -0.481 e. The second-order valence-corrected chi connectivity index (χ2v) is 2.70. The molecule has 0 amide bonds. The molecule has 0 aliphatic rings. The summed E-state index contributed by atoms with van der Waals surface area (Å²) in [6.07, 6.45) is -2.42. The van der Waals surface area contributed by atoms with Gasteiger partial charge in [-0.05, 0) is 6.42 Å². The Morgan fingerprint density at radius 3 is 1.73 bits per heavy atom. The number of carboxylic acids is 2. The summed E-state index contributed by atoms with van der Waals surface area (Å²) in [5.41, 5.74) is 0. The molecule has 2 unspecified atom stereocenters. The van der Waals surface area contributed by atoms with Crippen molar-refractivity contribution < 1.29 is 35.1 Å². The lowest BCUT2D eigenvalue weighted by molar-refractivity contribution is -0.146. The van der Waals surface area contributed by atoms with E-state index in [0.717, 1.165) is 0 Å². The summed E-state index contributed by atoms with van der Waals surface area (Å²) in [6, 6.07) is 0. The molecule has 0 aromatic heterocycles. The average Bonchev–Trinajstić information content (AvgIpc) is 2.16. The molecule has 0 fully saturated rings. The predicted octanol–water partition coefficient (Wildman–Crippen LogP) is -1.34. The maximum Gasteiger partial charge on any atom is 0.332 e. The third-order valence-corrected chi connectivity index (χ3v) is 1.29. The number of aliphatic carboxylic acids is 2. The van der Waals surface area contributed by atoms with Gasteiger partial charge in [0, 0.05) is 0 Å². The van der Waals surface area contributed by atoms with Crippen LogP contribution < -0.4 is 0 Å². The van der Waals surface area contributed by atoms with Gasteiger partial charge in [-0.3, -0.25) is 4.79 Å². The predicted molar refractivity (Wildman–Crippen MR) is 49.3 cm³/mol. The van der Waals surface area contributed by atoms with Crippen LogP contribution in [0.5, 0.6) is 0 Å². The lowest BCUT2D eigenvalue weighted by Gasteiger charge is -1.99. The van der Waals surface area contributed by atoms with Gasteiger partial charge < -0.3 is 25.5 Å². The number of aliphatic hydroxyl groups is 3. The molecule has 0 aliphatic carbocycles. The zero-order valence-electron chi connectivity index (χ0n) is 8.33. The van der Waals surface area contributed by atoms with Crippen molar-refractivity contribution in [2.45, 2.75) is 32.0 Å². The molecule has 5 N–H and O–H groups in total. The molecule has 0 saturated heterocycles. The lowest BCUT2D eigenvalue weighted by Crippen LogP contribution is -2.17. The van der Waals surface area contributed by atoms with Crippen molar-refractivity contribution in [3.63, 3.8) is 0 Å². The Labute approximate surface area is 86.6 Å². The number of carbonyl (C=O) groups is 2. The Bertz CT molecular complexity index is 191. The third-order valence-electron chi connectivity index (χ3n) is 1.29. The first-order valence-corrected chi connectivity index (χ1v) is 4.26.